The molecule has 0 amide bonds. The minimum Gasteiger partial charge on any atom is -0.494 e. The van der Waals surface area contributed by atoms with Gasteiger partial charge < -0.3 is 10.1 Å². The Morgan fingerprint density at radius 2 is 2.16 bits per heavy atom. The van der Waals surface area contributed by atoms with Gasteiger partial charge in [-0.05, 0) is 44.0 Å². The van der Waals surface area contributed by atoms with Gasteiger partial charge in [0.25, 0.3) is 0 Å². The largest absolute Gasteiger partial charge is 0.494 e. The molecule has 2 heteroatoms. The lowest BCUT2D eigenvalue weighted by Crippen LogP contribution is -2.20. The predicted molar refractivity (Wildman–Crippen MR) is 81.3 cm³/mol. The minimum atomic E-state index is 0.357. The van der Waals surface area contributed by atoms with E-state index in [1.54, 1.807) is 0 Å². The van der Waals surface area contributed by atoms with Crippen molar-refractivity contribution in [1.82, 2.24) is 5.32 Å². The Hall–Kier alpha value is -1.46. The Balaban J connectivity index is 2.72. The van der Waals surface area contributed by atoms with Crippen LogP contribution in [-0.4, -0.2) is 13.2 Å². The molecule has 0 radical (unpaired) electrons. The highest BCUT2D eigenvalue weighted by molar-refractivity contribution is 5.30. The summed E-state index contributed by atoms with van der Waals surface area (Å²) >= 11 is 0. The molecule has 0 aliphatic carbocycles. The summed E-state index contributed by atoms with van der Waals surface area (Å²) in [5.41, 5.74) is 1.29. The van der Waals surface area contributed by atoms with E-state index in [1.165, 1.54) is 5.56 Å². The van der Waals surface area contributed by atoms with E-state index < -0.39 is 0 Å². The third-order valence-corrected chi connectivity index (χ3v) is 2.92. The van der Waals surface area contributed by atoms with Crippen molar-refractivity contribution in [3.05, 3.63) is 29.8 Å². The maximum Gasteiger partial charge on any atom is 0.119 e. The summed E-state index contributed by atoms with van der Waals surface area (Å²) in [5.74, 6) is 7.05. The summed E-state index contributed by atoms with van der Waals surface area (Å²) in [5, 5.41) is 3.52. The SMILES string of the molecule is CC#CCCC(NCC)c1cccc(OCCC)c1. The van der Waals surface area contributed by atoms with Crippen molar-refractivity contribution < 1.29 is 4.74 Å². The van der Waals surface area contributed by atoms with Crippen LogP contribution in [0.2, 0.25) is 0 Å². The van der Waals surface area contributed by atoms with E-state index in [0.29, 0.717) is 6.04 Å². The Morgan fingerprint density at radius 1 is 1.32 bits per heavy atom. The molecule has 0 aliphatic heterocycles. The van der Waals surface area contributed by atoms with Gasteiger partial charge in [-0.2, -0.15) is 0 Å². The van der Waals surface area contributed by atoms with Crippen LogP contribution in [0.25, 0.3) is 0 Å². The zero-order valence-corrected chi connectivity index (χ0v) is 12.3. The molecule has 0 bridgehead atoms. The number of benzene rings is 1. The number of ether oxygens (including phenoxy) is 1. The zero-order valence-electron chi connectivity index (χ0n) is 12.3. The first-order valence-electron chi connectivity index (χ1n) is 7.17. The molecule has 0 aliphatic rings. The molecule has 1 unspecified atom stereocenters. The van der Waals surface area contributed by atoms with Crippen LogP contribution < -0.4 is 10.1 Å². The molecule has 0 saturated carbocycles. The van der Waals surface area contributed by atoms with E-state index in [9.17, 15) is 0 Å². The number of nitrogens with one attached hydrogen (secondary N) is 1. The van der Waals surface area contributed by atoms with Gasteiger partial charge in [-0.1, -0.05) is 26.0 Å². The summed E-state index contributed by atoms with van der Waals surface area (Å²) in [6.45, 7) is 7.88. The van der Waals surface area contributed by atoms with Crippen LogP contribution in [0, 0.1) is 11.8 Å². The van der Waals surface area contributed by atoms with Gasteiger partial charge in [-0.25, -0.2) is 0 Å². The average Bonchev–Trinajstić information content (AvgIpc) is 2.45. The van der Waals surface area contributed by atoms with Gasteiger partial charge in [0, 0.05) is 12.5 Å². The van der Waals surface area contributed by atoms with Gasteiger partial charge >= 0.3 is 0 Å². The first kappa shape index (κ1) is 15.6. The van der Waals surface area contributed by atoms with Crippen molar-refractivity contribution in [1.29, 1.82) is 0 Å². The first-order valence-corrected chi connectivity index (χ1v) is 7.17. The van der Waals surface area contributed by atoms with Gasteiger partial charge in [-0.15, -0.1) is 11.8 Å². The predicted octanol–water partition coefficient (Wildman–Crippen LogP) is 3.93. The van der Waals surface area contributed by atoms with Crippen LogP contribution in [0.15, 0.2) is 24.3 Å². The molecule has 1 atom stereocenters. The molecule has 0 fully saturated rings. The smallest absolute Gasteiger partial charge is 0.119 e. The van der Waals surface area contributed by atoms with E-state index in [1.807, 2.05) is 13.0 Å². The lowest BCUT2D eigenvalue weighted by Gasteiger charge is -2.18. The molecular formula is C17H25NO. The second-order valence-electron chi connectivity index (χ2n) is 4.50. The van der Waals surface area contributed by atoms with Crippen molar-refractivity contribution in [2.45, 2.75) is 46.1 Å². The summed E-state index contributed by atoms with van der Waals surface area (Å²) in [6, 6.07) is 8.74. The summed E-state index contributed by atoms with van der Waals surface area (Å²) in [6.07, 6.45) is 2.99. The third-order valence-electron chi connectivity index (χ3n) is 2.92. The zero-order chi connectivity index (χ0) is 13.9. The van der Waals surface area contributed by atoms with Crippen LogP contribution in [0.5, 0.6) is 5.75 Å². The van der Waals surface area contributed by atoms with Crippen LogP contribution >= 0.6 is 0 Å². The molecule has 1 aromatic carbocycles. The van der Waals surface area contributed by atoms with Gasteiger partial charge in [0.1, 0.15) is 5.75 Å². The normalized spacial score (nSPS) is 11.5. The monoisotopic (exact) mass is 259 g/mol. The van der Waals surface area contributed by atoms with E-state index >= 15 is 0 Å². The highest BCUT2D eigenvalue weighted by Crippen LogP contribution is 2.22. The Bertz CT molecular complexity index is 417. The molecule has 1 N–H and O–H groups in total. The molecule has 2 nitrogen and oxygen atoms in total. The molecular weight excluding hydrogens is 234 g/mol. The maximum absolute atomic E-state index is 5.69. The van der Waals surface area contributed by atoms with Crippen LogP contribution in [-0.2, 0) is 0 Å². The van der Waals surface area contributed by atoms with Gasteiger partial charge in [-0.3, -0.25) is 0 Å². The molecule has 0 spiro atoms. The standard InChI is InChI=1S/C17H25NO/c1-4-7-8-12-17(18-6-3)15-10-9-11-16(14-15)19-13-5-2/h9-11,14,17-18H,5-6,8,12-13H2,1-3H3. The summed E-state index contributed by atoms with van der Waals surface area (Å²) < 4.78 is 5.69. The van der Waals surface area contributed by atoms with Gasteiger partial charge in [0.2, 0.25) is 0 Å². The molecule has 0 heterocycles. The topological polar surface area (TPSA) is 21.3 Å². The number of rotatable bonds is 8. The third kappa shape index (κ3) is 5.81. The lowest BCUT2D eigenvalue weighted by atomic mass is 10.0. The Kier molecular flexibility index (Phi) is 7.77. The van der Waals surface area contributed by atoms with E-state index in [-0.39, 0.29) is 0 Å². The fraction of sp³-hybridized carbons (Fsp3) is 0.529. The van der Waals surface area contributed by atoms with Crippen LogP contribution in [0.1, 0.15) is 51.6 Å². The fourth-order valence-corrected chi connectivity index (χ4v) is 2.02. The number of hydrogen-bond acceptors (Lipinski definition) is 2. The van der Waals surface area contributed by atoms with E-state index in [0.717, 1.165) is 38.2 Å². The van der Waals surface area contributed by atoms with Crippen molar-refractivity contribution in [2.75, 3.05) is 13.2 Å². The maximum atomic E-state index is 5.69. The molecule has 0 saturated heterocycles. The van der Waals surface area contributed by atoms with E-state index in [4.69, 9.17) is 4.74 Å². The highest BCUT2D eigenvalue weighted by atomic mass is 16.5. The lowest BCUT2D eigenvalue weighted by molar-refractivity contribution is 0.316. The number of hydrogen-bond donors (Lipinski definition) is 1. The molecule has 1 aromatic rings. The van der Waals surface area contributed by atoms with Crippen molar-refractivity contribution >= 4 is 0 Å². The van der Waals surface area contributed by atoms with Crippen molar-refractivity contribution in [3.8, 4) is 17.6 Å². The fourth-order valence-electron chi connectivity index (χ4n) is 2.02. The molecule has 1 rings (SSSR count). The first-order chi connectivity index (χ1) is 9.31. The average molecular weight is 259 g/mol. The van der Waals surface area contributed by atoms with Gasteiger partial charge in [0.15, 0.2) is 0 Å². The summed E-state index contributed by atoms with van der Waals surface area (Å²) in [7, 11) is 0. The molecule has 19 heavy (non-hydrogen) atoms. The van der Waals surface area contributed by atoms with Crippen molar-refractivity contribution in [3.63, 3.8) is 0 Å². The molecule has 104 valence electrons. The van der Waals surface area contributed by atoms with Crippen LogP contribution in [0.4, 0.5) is 0 Å². The minimum absolute atomic E-state index is 0.357. The van der Waals surface area contributed by atoms with E-state index in [2.05, 4.69) is 49.2 Å². The quantitative estimate of drug-likeness (QED) is 0.714. The van der Waals surface area contributed by atoms with Crippen LogP contribution in [0.3, 0.4) is 0 Å². The Labute approximate surface area is 117 Å². The highest BCUT2D eigenvalue weighted by Gasteiger charge is 2.10. The van der Waals surface area contributed by atoms with Crippen molar-refractivity contribution in [2.24, 2.45) is 0 Å². The second-order valence-corrected chi connectivity index (χ2v) is 4.50. The second kappa shape index (κ2) is 9.47. The Morgan fingerprint density at radius 3 is 2.84 bits per heavy atom. The van der Waals surface area contributed by atoms with Gasteiger partial charge in [0.05, 0.1) is 6.61 Å². The molecule has 0 aromatic heterocycles. The summed E-state index contributed by atoms with van der Waals surface area (Å²) in [4.78, 5) is 0.